The van der Waals surface area contributed by atoms with E-state index in [2.05, 4.69) is 28.8 Å². The van der Waals surface area contributed by atoms with Crippen LogP contribution in [-0.4, -0.2) is 46.0 Å². The van der Waals surface area contributed by atoms with Gasteiger partial charge < -0.3 is 15.3 Å². The molecule has 2 fully saturated rings. The van der Waals surface area contributed by atoms with Gasteiger partial charge in [-0.3, -0.25) is 4.79 Å². The molecule has 2 aromatic rings. The average Bonchev–Trinajstić information content (AvgIpc) is 3.42. The van der Waals surface area contributed by atoms with Crippen LogP contribution in [0, 0.1) is 5.92 Å². The quantitative estimate of drug-likeness (QED) is 0.715. The molecule has 1 aliphatic carbocycles. The van der Waals surface area contributed by atoms with E-state index >= 15 is 0 Å². The number of benzene rings is 1. The second-order valence-corrected chi connectivity index (χ2v) is 8.54. The lowest BCUT2D eigenvalue weighted by molar-refractivity contribution is 0.0935. The van der Waals surface area contributed by atoms with Gasteiger partial charge in [-0.2, -0.15) is 5.10 Å². The van der Waals surface area contributed by atoms with Gasteiger partial charge in [0.2, 0.25) is 0 Å². The predicted octanol–water partition coefficient (Wildman–Crippen LogP) is 3.70. The van der Waals surface area contributed by atoms with Crippen LogP contribution < -0.4 is 10.2 Å². The molecule has 30 heavy (non-hydrogen) atoms. The number of nitrogens with one attached hydrogen (secondary N) is 1. The van der Waals surface area contributed by atoms with Gasteiger partial charge in [-0.05, 0) is 50.2 Å². The van der Waals surface area contributed by atoms with Crippen molar-refractivity contribution in [1.29, 1.82) is 0 Å². The number of nitrogens with zero attached hydrogens (tertiary/aromatic N) is 3. The Kier molecular flexibility index (Phi) is 6.23. The van der Waals surface area contributed by atoms with E-state index in [0.717, 1.165) is 62.1 Å². The summed E-state index contributed by atoms with van der Waals surface area (Å²) in [6.45, 7) is 7.33. The van der Waals surface area contributed by atoms with Crippen molar-refractivity contribution in [2.75, 3.05) is 18.1 Å². The molecule has 6 heteroatoms. The molecule has 4 rings (SSSR count). The number of hydrogen-bond acceptors (Lipinski definition) is 4. The first-order valence-electron chi connectivity index (χ1n) is 11.1. The molecule has 0 bridgehead atoms. The van der Waals surface area contributed by atoms with Crippen LogP contribution in [0.2, 0.25) is 0 Å². The molecule has 3 unspecified atom stereocenters. The van der Waals surface area contributed by atoms with Gasteiger partial charge in [0.15, 0.2) is 0 Å². The zero-order valence-corrected chi connectivity index (χ0v) is 17.8. The molecule has 1 amide bonds. The average molecular weight is 409 g/mol. The molecule has 2 aliphatic rings. The third-order valence-electron chi connectivity index (χ3n) is 6.64. The normalized spacial score (nSPS) is 24.3. The van der Waals surface area contributed by atoms with E-state index in [1.165, 1.54) is 0 Å². The van der Waals surface area contributed by atoms with Crippen LogP contribution in [0.5, 0.6) is 0 Å². The second-order valence-electron chi connectivity index (χ2n) is 8.54. The summed E-state index contributed by atoms with van der Waals surface area (Å²) in [7, 11) is 0. The van der Waals surface area contributed by atoms with Crippen LogP contribution in [0.25, 0.3) is 5.69 Å². The first kappa shape index (κ1) is 20.7. The molecule has 1 saturated carbocycles. The minimum Gasteiger partial charge on any atom is -0.394 e. The number of para-hydroxylation sites is 1. The number of carbonyl (C=O) groups is 1. The van der Waals surface area contributed by atoms with E-state index in [9.17, 15) is 9.90 Å². The van der Waals surface area contributed by atoms with E-state index in [0.29, 0.717) is 11.5 Å². The number of rotatable bonds is 6. The highest BCUT2D eigenvalue weighted by molar-refractivity contribution is 5.99. The predicted molar refractivity (Wildman–Crippen MR) is 119 cm³/mol. The maximum atomic E-state index is 13.3. The Morgan fingerprint density at radius 3 is 2.77 bits per heavy atom. The molecule has 160 valence electrons. The monoisotopic (exact) mass is 408 g/mol. The topological polar surface area (TPSA) is 70.4 Å². The molecule has 0 spiro atoms. The number of aromatic nitrogens is 2. The third kappa shape index (κ3) is 4.01. The minimum atomic E-state index is -0.114. The summed E-state index contributed by atoms with van der Waals surface area (Å²) in [4.78, 5) is 15.5. The van der Waals surface area contributed by atoms with Crippen molar-refractivity contribution in [2.45, 2.75) is 57.5 Å². The third-order valence-corrected chi connectivity index (χ3v) is 6.64. The molecular weight excluding hydrogens is 376 g/mol. The van der Waals surface area contributed by atoms with Crippen molar-refractivity contribution in [2.24, 2.45) is 5.92 Å². The molecular formula is C24H32N4O2. The highest BCUT2D eigenvalue weighted by Gasteiger charge is 2.33. The number of anilines is 1. The van der Waals surface area contributed by atoms with Gasteiger partial charge in [-0.15, -0.1) is 0 Å². The van der Waals surface area contributed by atoms with E-state index < -0.39 is 0 Å². The maximum absolute atomic E-state index is 13.3. The molecule has 0 radical (unpaired) electrons. The van der Waals surface area contributed by atoms with Crippen molar-refractivity contribution in [3.05, 3.63) is 54.2 Å². The number of hydrogen-bond donors (Lipinski definition) is 2. The zero-order chi connectivity index (χ0) is 21.1. The zero-order valence-electron chi connectivity index (χ0n) is 17.8. The fraction of sp³-hybridized carbons (Fsp3) is 0.500. The highest BCUT2D eigenvalue weighted by Crippen LogP contribution is 2.33. The molecule has 6 nitrogen and oxygen atoms in total. The van der Waals surface area contributed by atoms with Gasteiger partial charge in [0.1, 0.15) is 11.4 Å². The fourth-order valence-corrected chi connectivity index (χ4v) is 4.82. The molecule has 2 N–H and O–H groups in total. The van der Waals surface area contributed by atoms with Gasteiger partial charge in [0, 0.05) is 6.54 Å². The summed E-state index contributed by atoms with van der Waals surface area (Å²) < 4.78 is 1.83. The SMILES string of the molecule is C=C1CC(CC)CCC1NC(=O)c1cnn(-c2ccccc2)c1N1CCCC1CO. The summed E-state index contributed by atoms with van der Waals surface area (Å²) in [6.07, 6.45) is 7.76. The van der Waals surface area contributed by atoms with Crippen molar-refractivity contribution in [3.8, 4) is 5.69 Å². The van der Waals surface area contributed by atoms with E-state index in [1.807, 2.05) is 35.0 Å². The van der Waals surface area contributed by atoms with Gasteiger partial charge >= 0.3 is 0 Å². The Hall–Kier alpha value is -2.60. The summed E-state index contributed by atoms with van der Waals surface area (Å²) in [6, 6.07) is 9.87. The largest absolute Gasteiger partial charge is 0.394 e. The first-order valence-corrected chi connectivity index (χ1v) is 11.1. The summed E-state index contributed by atoms with van der Waals surface area (Å²) in [5.74, 6) is 1.33. The molecule has 1 aliphatic heterocycles. The Bertz CT molecular complexity index is 892. The van der Waals surface area contributed by atoms with Crippen LogP contribution in [0.3, 0.4) is 0 Å². The van der Waals surface area contributed by atoms with Gasteiger partial charge in [-0.1, -0.05) is 43.7 Å². The first-order chi connectivity index (χ1) is 14.6. The number of amides is 1. The maximum Gasteiger partial charge on any atom is 0.257 e. The highest BCUT2D eigenvalue weighted by atomic mass is 16.3. The van der Waals surface area contributed by atoms with Crippen molar-refractivity contribution in [1.82, 2.24) is 15.1 Å². The van der Waals surface area contributed by atoms with Gasteiger partial charge in [-0.25, -0.2) is 4.68 Å². The Balaban J connectivity index is 1.63. The van der Waals surface area contributed by atoms with Crippen LogP contribution in [-0.2, 0) is 0 Å². The second kappa shape index (κ2) is 9.04. The summed E-state index contributed by atoms with van der Waals surface area (Å²) in [5.41, 5.74) is 2.58. The Labute approximate surface area is 178 Å². The Morgan fingerprint density at radius 1 is 1.27 bits per heavy atom. The molecule has 1 aromatic carbocycles. The summed E-state index contributed by atoms with van der Waals surface area (Å²) in [5, 5.41) is 17.7. The minimum absolute atomic E-state index is 0.00525. The van der Waals surface area contributed by atoms with Crippen LogP contribution in [0.4, 0.5) is 5.82 Å². The standard InChI is InChI=1S/C24H32N4O2/c1-3-18-11-12-22(17(2)14-18)26-23(30)21-15-25-28(19-8-5-4-6-9-19)24(21)27-13-7-10-20(27)16-29/h4-6,8-9,15,18,20,22,29H,2-3,7,10-14,16H2,1H3,(H,26,30). The van der Waals surface area contributed by atoms with Gasteiger partial charge in [0.25, 0.3) is 5.91 Å². The van der Waals surface area contributed by atoms with Crippen molar-refractivity contribution < 1.29 is 9.90 Å². The Morgan fingerprint density at radius 2 is 2.07 bits per heavy atom. The molecule has 2 heterocycles. The van der Waals surface area contributed by atoms with Crippen LogP contribution in [0.1, 0.15) is 55.8 Å². The van der Waals surface area contributed by atoms with Crippen LogP contribution in [0.15, 0.2) is 48.7 Å². The lowest BCUT2D eigenvalue weighted by Gasteiger charge is -2.31. The number of aliphatic hydroxyl groups is 1. The van der Waals surface area contributed by atoms with Gasteiger partial charge in [0.05, 0.1) is 30.6 Å². The molecule has 3 atom stereocenters. The molecule has 1 saturated heterocycles. The number of aliphatic hydroxyl groups excluding tert-OH is 1. The van der Waals surface area contributed by atoms with E-state index in [4.69, 9.17) is 0 Å². The van der Waals surface area contributed by atoms with Crippen molar-refractivity contribution in [3.63, 3.8) is 0 Å². The summed E-state index contributed by atoms with van der Waals surface area (Å²) >= 11 is 0. The smallest absolute Gasteiger partial charge is 0.257 e. The van der Waals surface area contributed by atoms with E-state index in [-0.39, 0.29) is 24.6 Å². The van der Waals surface area contributed by atoms with Crippen molar-refractivity contribution >= 4 is 11.7 Å². The number of carbonyl (C=O) groups excluding carboxylic acids is 1. The fourth-order valence-electron chi connectivity index (χ4n) is 4.82. The lowest BCUT2D eigenvalue weighted by atomic mass is 9.81. The van der Waals surface area contributed by atoms with Crippen LogP contribution >= 0.6 is 0 Å². The lowest BCUT2D eigenvalue weighted by Crippen LogP contribution is -2.40. The van der Waals surface area contributed by atoms with E-state index in [1.54, 1.807) is 6.20 Å². The molecule has 1 aromatic heterocycles.